The number of amides is 1. The Hall–Kier alpha value is -2.79. The number of anilines is 1. The Balaban J connectivity index is 2.93. The molecule has 0 bridgehead atoms. The highest BCUT2D eigenvalue weighted by Crippen LogP contribution is 2.19. The quantitative estimate of drug-likeness (QED) is 0.451. The van der Waals surface area contributed by atoms with Gasteiger partial charge in [-0.15, -0.1) is 0 Å². The molecule has 0 atom stereocenters. The first-order valence-corrected chi connectivity index (χ1v) is 7.13. The number of halogens is 6. The van der Waals surface area contributed by atoms with Gasteiger partial charge in [0.05, 0.1) is 0 Å². The molecule has 1 N–H and O–H groups in total. The molecule has 0 aromatic heterocycles. The van der Waals surface area contributed by atoms with E-state index < -0.39 is 49.3 Å². The molecule has 0 saturated heterocycles. The van der Waals surface area contributed by atoms with Gasteiger partial charge >= 0.3 is 24.3 Å². The van der Waals surface area contributed by atoms with Crippen molar-refractivity contribution in [2.75, 3.05) is 18.5 Å². The molecule has 0 heterocycles. The number of alkyl halides is 6. The average Bonchev–Trinajstić information content (AvgIpc) is 2.52. The number of esters is 2. The summed E-state index contributed by atoms with van der Waals surface area (Å²) in [5.74, 6) is -8.16. The molecule has 0 radical (unpaired) electrons. The first-order valence-electron chi connectivity index (χ1n) is 7.13. The molecule has 1 amide bonds. The highest BCUT2D eigenvalue weighted by atomic mass is 19.4. The fourth-order valence-corrected chi connectivity index (χ4v) is 1.63. The number of nitrogens with one attached hydrogen (secondary N) is 1. The van der Waals surface area contributed by atoms with Crippen LogP contribution in [0.15, 0.2) is 24.3 Å². The maximum Gasteiger partial charge on any atom is 0.422 e. The lowest BCUT2D eigenvalue weighted by atomic mass is 10.1. The van der Waals surface area contributed by atoms with Gasteiger partial charge in [0.25, 0.3) is 0 Å². The van der Waals surface area contributed by atoms with Gasteiger partial charge in [-0.2, -0.15) is 26.3 Å². The second-order valence-electron chi connectivity index (χ2n) is 5.23. The number of rotatable bonds is 6. The largest absolute Gasteiger partial charge is 0.455 e. The molecule has 0 aliphatic carbocycles. The molecular formula is C15H13F6NO5. The zero-order valence-corrected chi connectivity index (χ0v) is 13.6. The van der Waals surface area contributed by atoms with E-state index in [2.05, 4.69) is 9.47 Å². The Morgan fingerprint density at radius 1 is 0.889 bits per heavy atom. The standard InChI is InChI=1S/C15H13F6NO5/c1-8-2-4-9(5-3-8)22-11(23)10(12(24)26-6-14(16,17)18)13(25)27-7-15(19,20)21/h2-5,10H,6-7H2,1H3,(H,22,23). The van der Waals surface area contributed by atoms with Gasteiger partial charge in [0, 0.05) is 5.69 Å². The summed E-state index contributed by atoms with van der Waals surface area (Å²) in [5, 5.41) is 2.02. The molecule has 0 aliphatic heterocycles. The fraction of sp³-hybridized carbons (Fsp3) is 0.400. The molecule has 1 aromatic carbocycles. The van der Waals surface area contributed by atoms with Crippen LogP contribution in [0, 0.1) is 12.8 Å². The molecule has 12 heteroatoms. The van der Waals surface area contributed by atoms with E-state index in [4.69, 9.17) is 0 Å². The fourth-order valence-electron chi connectivity index (χ4n) is 1.63. The number of carbonyl (C=O) groups is 3. The molecule has 0 fully saturated rings. The average molecular weight is 401 g/mol. The van der Waals surface area contributed by atoms with E-state index in [1.54, 1.807) is 6.92 Å². The van der Waals surface area contributed by atoms with Crippen molar-refractivity contribution in [1.82, 2.24) is 0 Å². The lowest BCUT2D eigenvalue weighted by Crippen LogP contribution is -2.40. The van der Waals surface area contributed by atoms with Gasteiger partial charge < -0.3 is 14.8 Å². The second kappa shape index (κ2) is 8.73. The number of hydrogen-bond donors (Lipinski definition) is 1. The maximum atomic E-state index is 12.1. The molecule has 1 aromatic rings. The minimum atomic E-state index is -4.97. The Kier molecular flexibility index (Phi) is 7.20. The zero-order valence-electron chi connectivity index (χ0n) is 13.6. The van der Waals surface area contributed by atoms with E-state index in [1.807, 2.05) is 5.32 Å². The SMILES string of the molecule is Cc1ccc(NC(=O)C(C(=O)OCC(F)(F)F)C(=O)OCC(F)(F)F)cc1. The smallest absolute Gasteiger partial charge is 0.422 e. The minimum absolute atomic E-state index is 0.0443. The van der Waals surface area contributed by atoms with E-state index in [9.17, 15) is 40.7 Å². The first-order chi connectivity index (χ1) is 12.3. The lowest BCUT2D eigenvalue weighted by molar-refractivity contribution is -0.199. The predicted octanol–water partition coefficient (Wildman–Crippen LogP) is 2.76. The van der Waals surface area contributed by atoms with Gasteiger partial charge in [0.2, 0.25) is 11.8 Å². The van der Waals surface area contributed by atoms with Gasteiger partial charge in [-0.1, -0.05) is 17.7 Å². The summed E-state index contributed by atoms with van der Waals surface area (Å²) in [6, 6.07) is 5.72. The van der Waals surface area contributed by atoms with Gasteiger partial charge in [-0.25, -0.2) is 0 Å². The van der Waals surface area contributed by atoms with E-state index in [0.717, 1.165) is 5.56 Å². The number of hydrogen-bond acceptors (Lipinski definition) is 5. The molecule has 150 valence electrons. The van der Waals surface area contributed by atoms with E-state index in [0.29, 0.717) is 0 Å². The normalized spacial score (nSPS) is 11.9. The third-order valence-electron chi connectivity index (χ3n) is 2.81. The first kappa shape index (κ1) is 22.3. The monoisotopic (exact) mass is 401 g/mol. The molecule has 27 heavy (non-hydrogen) atoms. The van der Waals surface area contributed by atoms with Crippen LogP contribution in [0.5, 0.6) is 0 Å². The van der Waals surface area contributed by atoms with Gasteiger partial charge in [0.15, 0.2) is 13.2 Å². The summed E-state index contributed by atoms with van der Waals surface area (Å²) in [4.78, 5) is 35.4. The minimum Gasteiger partial charge on any atom is -0.455 e. The number of aryl methyl sites for hydroxylation is 1. The molecule has 0 saturated carbocycles. The van der Waals surface area contributed by atoms with Crippen molar-refractivity contribution < 1.29 is 50.2 Å². The summed E-state index contributed by atoms with van der Waals surface area (Å²) >= 11 is 0. The Labute approximate surface area is 148 Å². The van der Waals surface area contributed by atoms with Crippen molar-refractivity contribution in [2.45, 2.75) is 19.3 Å². The highest BCUT2D eigenvalue weighted by molar-refractivity contribution is 6.18. The number of carbonyl (C=O) groups excluding carboxylic acids is 3. The van der Waals surface area contributed by atoms with Crippen LogP contribution in [0.25, 0.3) is 0 Å². The Morgan fingerprint density at radius 3 is 1.67 bits per heavy atom. The zero-order chi connectivity index (χ0) is 20.8. The maximum absolute atomic E-state index is 12.1. The predicted molar refractivity (Wildman–Crippen MR) is 77.3 cm³/mol. The van der Waals surface area contributed by atoms with Crippen molar-refractivity contribution in [3.8, 4) is 0 Å². The summed E-state index contributed by atoms with van der Waals surface area (Å²) < 4.78 is 80.4. The third-order valence-corrected chi connectivity index (χ3v) is 2.81. The second-order valence-corrected chi connectivity index (χ2v) is 5.23. The van der Waals surface area contributed by atoms with E-state index >= 15 is 0 Å². The van der Waals surface area contributed by atoms with Gasteiger partial charge in [0.1, 0.15) is 0 Å². The van der Waals surface area contributed by atoms with Crippen LogP contribution in [-0.4, -0.2) is 43.4 Å². The third kappa shape index (κ3) is 8.42. The Bertz CT molecular complexity index is 653. The summed E-state index contributed by atoms with van der Waals surface area (Å²) in [6.07, 6.45) is -9.94. The molecule has 6 nitrogen and oxygen atoms in total. The van der Waals surface area contributed by atoms with Crippen molar-refractivity contribution in [3.05, 3.63) is 29.8 Å². The number of ether oxygens (including phenoxy) is 2. The molecule has 0 spiro atoms. The van der Waals surface area contributed by atoms with Crippen LogP contribution in [0.2, 0.25) is 0 Å². The van der Waals surface area contributed by atoms with Crippen LogP contribution in [0.1, 0.15) is 5.56 Å². The van der Waals surface area contributed by atoms with Crippen LogP contribution in [0.3, 0.4) is 0 Å². The summed E-state index contributed by atoms with van der Waals surface area (Å²) in [6.45, 7) is -2.56. The van der Waals surface area contributed by atoms with E-state index in [-0.39, 0.29) is 5.69 Å². The molecule has 0 unspecified atom stereocenters. The van der Waals surface area contributed by atoms with Crippen LogP contribution in [0.4, 0.5) is 32.0 Å². The highest BCUT2D eigenvalue weighted by Gasteiger charge is 2.41. The summed E-state index contributed by atoms with van der Waals surface area (Å²) in [5.41, 5.74) is 0.821. The number of benzene rings is 1. The van der Waals surface area contributed by atoms with Crippen LogP contribution < -0.4 is 5.32 Å². The van der Waals surface area contributed by atoms with Crippen molar-refractivity contribution in [2.24, 2.45) is 5.92 Å². The Morgan fingerprint density at radius 2 is 1.30 bits per heavy atom. The van der Waals surface area contributed by atoms with Crippen molar-refractivity contribution >= 4 is 23.5 Å². The molecule has 0 aliphatic rings. The van der Waals surface area contributed by atoms with Crippen molar-refractivity contribution in [1.29, 1.82) is 0 Å². The van der Waals surface area contributed by atoms with Gasteiger partial charge in [-0.05, 0) is 19.1 Å². The topological polar surface area (TPSA) is 81.7 Å². The lowest BCUT2D eigenvalue weighted by Gasteiger charge is -2.16. The van der Waals surface area contributed by atoms with Crippen molar-refractivity contribution in [3.63, 3.8) is 0 Å². The van der Waals surface area contributed by atoms with Gasteiger partial charge in [-0.3, -0.25) is 14.4 Å². The molecule has 1 rings (SSSR count). The summed E-state index contributed by atoms with van der Waals surface area (Å²) in [7, 11) is 0. The van der Waals surface area contributed by atoms with Crippen LogP contribution in [-0.2, 0) is 23.9 Å². The molecular weight excluding hydrogens is 388 g/mol. The van der Waals surface area contributed by atoms with Crippen LogP contribution >= 0.6 is 0 Å². The van der Waals surface area contributed by atoms with E-state index in [1.165, 1.54) is 24.3 Å².